The highest BCUT2D eigenvalue weighted by Gasteiger charge is 2.17. The van der Waals surface area contributed by atoms with E-state index < -0.39 is 0 Å². The number of fused-ring (bicyclic) bond motifs is 1. The number of amidine groups is 1. The van der Waals surface area contributed by atoms with Gasteiger partial charge < -0.3 is 20.7 Å². The summed E-state index contributed by atoms with van der Waals surface area (Å²) in [6, 6.07) is 7.25. The number of nitrogens with two attached hydrogens (primary N) is 1. The molecule has 0 bridgehead atoms. The molecule has 1 heterocycles. The number of hydrogen-bond acceptors (Lipinski definition) is 4. The van der Waals surface area contributed by atoms with Gasteiger partial charge >= 0.3 is 0 Å². The lowest BCUT2D eigenvalue weighted by Crippen LogP contribution is -2.37. The second-order valence-electron chi connectivity index (χ2n) is 5.03. The van der Waals surface area contributed by atoms with Crippen molar-refractivity contribution in [3.8, 4) is 0 Å². The number of carbonyl (C=O) groups is 1. The zero-order valence-corrected chi connectivity index (χ0v) is 12.1. The average molecular weight is 289 g/mol. The van der Waals surface area contributed by atoms with E-state index >= 15 is 0 Å². The molecule has 0 radical (unpaired) electrons. The van der Waals surface area contributed by atoms with Gasteiger partial charge in [-0.05, 0) is 31.5 Å². The predicted molar refractivity (Wildman–Crippen MR) is 80.5 cm³/mol. The average Bonchev–Trinajstić information content (AvgIpc) is 2.89. The third kappa shape index (κ3) is 3.53. The van der Waals surface area contributed by atoms with Crippen LogP contribution in [0.5, 0.6) is 0 Å². The predicted octanol–water partition coefficient (Wildman–Crippen LogP) is 2.39. The number of hydrogen-bond donors (Lipinski definition) is 3. The molecule has 112 valence electrons. The molecule has 1 atom stereocenters. The molecule has 1 amide bonds. The van der Waals surface area contributed by atoms with Crippen molar-refractivity contribution in [2.75, 3.05) is 0 Å². The Morgan fingerprint density at radius 1 is 1.48 bits per heavy atom. The highest BCUT2D eigenvalue weighted by molar-refractivity contribution is 5.96. The highest BCUT2D eigenvalue weighted by atomic mass is 16.4. The molecular formula is C15H19N3O3. The first-order valence-electron chi connectivity index (χ1n) is 6.81. The Kier molecular flexibility index (Phi) is 4.47. The van der Waals surface area contributed by atoms with Gasteiger partial charge in [0, 0.05) is 17.8 Å². The summed E-state index contributed by atoms with van der Waals surface area (Å²) in [6.45, 7) is 3.90. The smallest absolute Gasteiger partial charge is 0.287 e. The maximum absolute atomic E-state index is 12.2. The summed E-state index contributed by atoms with van der Waals surface area (Å²) < 4.78 is 5.54. The van der Waals surface area contributed by atoms with Gasteiger partial charge in [-0.3, -0.25) is 4.79 Å². The molecule has 1 aromatic carbocycles. The van der Waals surface area contributed by atoms with Crippen molar-refractivity contribution in [3.05, 3.63) is 35.6 Å². The SMILES string of the molecule is CCC(CC(N)=NO)NC(=O)c1cc2cc(C)ccc2o1. The third-order valence-electron chi connectivity index (χ3n) is 3.31. The summed E-state index contributed by atoms with van der Waals surface area (Å²) in [5.41, 5.74) is 7.25. The molecule has 2 aromatic rings. The molecule has 0 spiro atoms. The van der Waals surface area contributed by atoms with Crippen molar-refractivity contribution >= 4 is 22.7 Å². The molecule has 0 saturated heterocycles. The standard InChI is InChI=1S/C15H19N3O3/c1-3-11(8-14(16)18-20)17-15(19)13-7-10-6-9(2)4-5-12(10)21-13/h4-7,11,20H,3,8H2,1-2H3,(H2,16,18)(H,17,19). The first-order chi connectivity index (χ1) is 10.0. The summed E-state index contributed by atoms with van der Waals surface area (Å²) in [5, 5.41) is 15.2. The number of carbonyl (C=O) groups excluding carboxylic acids is 1. The van der Waals surface area contributed by atoms with Crippen molar-refractivity contribution in [3.63, 3.8) is 0 Å². The van der Waals surface area contributed by atoms with Crippen LogP contribution in [0, 0.1) is 6.92 Å². The molecule has 0 aliphatic carbocycles. The summed E-state index contributed by atoms with van der Waals surface area (Å²) in [4.78, 5) is 12.2. The van der Waals surface area contributed by atoms with Crippen LogP contribution in [0.25, 0.3) is 11.0 Å². The largest absolute Gasteiger partial charge is 0.451 e. The second-order valence-corrected chi connectivity index (χ2v) is 5.03. The highest BCUT2D eigenvalue weighted by Crippen LogP contribution is 2.20. The van der Waals surface area contributed by atoms with Crippen LogP contribution in [0.15, 0.2) is 33.8 Å². The van der Waals surface area contributed by atoms with Crippen LogP contribution in [-0.2, 0) is 0 Å². The zero-order valence-electron chi connectivity index (χ0n) is 12.1. The van der Waals surface area contributed by atoms with Crippen LogP contribution in [0.3, 0.4) is 0 Å². The van der Waals surface area contributed by atoms with Crippen LogP contribution >= 0.6 is 0 Å². The minimum absolute atomic E-state index is 0.0855. The molecule has 6 heteroatoms. The van der Waals surface area contributed by atoms with Crippen LogP contribution in [-0.4, -0.2) is 23.0 Å². The Hall–Kier alpha value is -2.50. The Labute approximate surface area is 122 Å². The summed E-state index contributed by atoms with van der Waals surface area (Å²) in [5.74, 6) is 0.0392. The number of nitrogens with one attached hydrogen (secondary N) is 1. The van der Waals surface area contributed by atoms with Gasteiger partial charge in [-0.1, -0.05) is 23.7 Å². The van der Waals surface area contributed by atoms with E-state index in [9.17, 15) is 4.79 Å². The second kappa shape index (κ2) is 6.30. The lowest BCUT2D eigenvalue weighted by molar-refractivity contribution is 0.0911. The molecule has 4 N–H and O–H groups in total. The van der Waals surface area contributed by atoms with Gasteiger partial charge in [-0.15, -0.1) is 0 Å². The van der Waals surface area contributed by atoms with E-state index in [1.54, 1.807) is 6.07 Å². The molecule has 6 nitrogen and oxygen atoms in total. The van der Waals surface area contributed by atoms with Gasteiger partial charge in [0.2, 0.25) is 0 Å². The zero-order chi connectivity index (χ0) is 15.4. The molecule has 0 saturated carbocycles. The first-order valence-corrected chi connectivity index (χ1v) is 6.81. The van der Waals surface area contributed by atoms with Crippen molar-refractivity contribution in [1.29, 1.82) is 0 Å². The van der Waals surface area contributed by atoms with Crippen LogP contribution in [0.2, 0.25) is 0 Å². The number of furan rings is 1. The Balaban J connectivity index is 2.13. The first kappa shape index (κ1) is 14.9. The van der Waals surface area contributed by atoms with Gasteiger partial charge in [0.05, 0.1) is 0 Å². The molecule has 1 unspecified atom stereocenters. The molecule has 0 aliphatic heterocycles. The molecular weight excluding hydrogens is 270 g/mol. The lowest BCUT2D eigenvalue weighted by Gasteiger charge is -2.14. The van der Waals surface area contributed by atoms with E-state index in [-0.39, 0.29) is 30.0 Å². The van der Waals surface area contributed by atoms with E-state index in [4.69, 9.17) is 15.4 Å². The van der Waals surface area contributed by atoms with Gasteiger partial charge in [0.1, 0.15) is 11.4 Å². The maximum Gasteiger partial charge on any atom is 0.287 e. The number of oxime groups is 1. The number of amides is 1. The molecule has 21 heavy (non-hydrogen) atoms. The van der Waals surface area contributed by atoms with Gasteiger partial charge in [-0.25, -0.2) is 0 Å². The van der Waals surface area contributed by atoms with E-state index in [2.05, 4.69) is 10.5 Å². The molecule has 0 aliphatic rings. The minimum atomic E-state index is -0.304. The fraction of sp³-hybridized carbons (Fsp3) is 0.333. The summed E-state index contributed by atoms with van der Waals surface area (Å²) in [6.07, 6.45) is 0.958. The van der Waals surface area contributed by atoms with Crippen LogP contribution < -0.4 is 11.1 Å². The van der Waals surface area contributed by atoms with Gasteiger partial charge in [-0.2, -0.15) is 0 Å². The Morgan fingerprint density at radius 3 is 2.90 bits per heavy atom. The van der Waals surface area contributed by atoms with Crippen LogP contribution in [0.4, 0.5) is 0 Å². The Morgan fingerprint density at radius 2 is 2.24 bits per heavy atom. The fourth-order valence-electron chi connectivity index (χ4n) is 2.12. The minimum Gasteiger partial charge on any atom is -0.451 e. The fourth-order valence-corrected chi connectivity index (χ4v) is 2.12. The van der Waals surface area contributed by atoms with Gasteiger partial charge in [0.25, 0.3) is 5.91 Å². The number of aryl methyl sites for hydroxylation is 1. The molecule has 1 aromatic heterocycles. The maximum atomic E-state index is 12.2. The summed E-state index contributed by atoms with van der Waals surface area (Å²) in [7, 11) is 0. The topological polar surface area (TPSA) is 101 Å². The van der Waals surface area contributed by atoms with E-state index in [0.29, 0.717) is 12.0 Å². The van der Waals surface area contributed by atoms with E-state index in [1.165, 1.54) is 0 Å². The number of rotatable bonds is 5. The molecule has 0 fully saturated rings. The quantitative estimate of drug-likeness (QED) is 0.340. The van der Waals surface area contributed by atoms with Crippen molar-refractivity contribution < 1.29 is 14.4 Å². The normalized spacial score (nSPS) is 13.3. The van der Waals surface area contributed by atoms with E-state index in [1.807, 2.05) is 32.0 Å². The lowest BCUT2D eigenvalue weighted by atomic mass is 10.1. The van der Waals surface area contributed by atoms with Crippen molar-refractivity contribution in [2.24, 2.45) is 10.9 Å². The van der Waals surface area contributed by atoms with Gasteiger partial charge in [0.15, 0.2) is 5.76 Å². The van der Waals surface area contributed by atoms with Crippen LogP contribution in [0.1, 0.15) is 35.9 Å². The van der Waals surface area contributed by atoms with Crippen molar-refractivity contribution in [1.82, 2.24) is 5.32 Å². The summed E-state index contributed by atoms with van der Waals surface area (Å²) >= 11 is 0. The molecule has 2 rings (SSSR count). The third-order valence-corrected chi connectivity index (χ3v) is 3.31. The monoisotopic (exact) mass is 289 g/mol. The number of benzene rings is 1. The van der Waals surface area contributed by atoms with E-state index in [0.717, 1.165) is 10.9 Å². The number of nitrogens with zero attached hydrogens (tertiary/aromatic N) is 1. The van der Waals surface area contributed by atoms with Crippen molar-refractivity contribution in [2.45, 2.75) is 32.7 Å². The Bertz CT molecular complexity index is 676.